The molecule has 0 aliphatic carbocycles. The summed E-state index contributed by atoms with van der Waals surface area (Å²) in [6, 6.07) is -6.23. The summed E-state index contributed by atoms with van der Waals surface area (Å²) in [5, 5.41) is 51.6. The number of carbonyl (C=O) groups is 6. The van der Waals surface area contributed by atoms with E-state index in [1.54, 1.807) is 0 Å². The summed E-state index contributed by atoms with van der Waals surface area (Å²) < 4.78 is 0. The third kappa shape index (κ3) is 10.6. The van der Waals surface area contributed by atoms with Gasteiger partial charge in [-0.25, -0.2) is 4.79 Å². The summed E-state index contributed by atoms with van der Waals surface area (Å²) in [5.41, 5.74) is 5.53. The van der Waals surface area contributed by atoms with Gasteiger partial charge in [0, 0.05) is 12.8 Å². The molecule has 182 valence electrons. The predicted octanol–water partition coefficient (Wildman–Crippen LogP) is -4.04. The van der Waals surface area contributed by atoms with Crippen molar-refractivity contribution in [2.45, 2.75) is 62.9 Å². The summed E-state index contributed by atoms with van der Waals surface area (Å²) >= 11 is 0. The number of hydrogen-bond donors (Lipinski definition) is 9. The Kier molecular flexibility index (Phi) is 12.5. The molecule has 0 rings (SSSR count). The summed E-state index contributed by atoms with van der Waals surface area (Å²) in [6.07, 6.45) is -3.17. The second-order valence-corrected chi connectivity index (χ2v) is 6.84. The first-order valence-corrected chi connectivity index (χ1v) is 9.42. The van der Waals surface area contributed by atoms with Crippen molar-refractivity contribution in [2.75, 3.05) is 6.61 Å². The normalized spacial score (nSPS) is 15.4. The molecule has 0 spiro atoms. The van der Waals surface area contributed by atoms with Crippen molar-refractivity contribution in [3.63, 3.8) is 0 Å². The largest absolute Gasteiger partial charge is 0.481 e. The highest BCUT2D eigenvalue weighted by Gasteiger charge is 2.32. The SMILES string of the molecule is CC(O)C(NC(=O)C(N)CCC(=O)O)C(=O)NC(CO)C(=O)NC(CCC(=O)O)C(=O)O. The van der Waals surface area contributed by atoms with Gasteiger partial charge >= 0.3 is 17.9 Å². The van der Waals surface area contributed by atoms with Crippen molar-refractivity contribution in [3.8, 4) is 0 Å². The lowest BCUT2D eigenvalue weighted by atomic mass is 10.1. The standard InChI is InChI=1S/C17H28N4O11/c1-7(23)13(21-14(28)8(18)2-4-11(24)25)16(30)20-10(6-22)15(29)19-9(17(31)32)3-5-12(26)27/h7-10,13,22-23H,2-6,18H2,1H3,(H,19,29)(H,20,30)(H,21,28)(H,24,25)(H,26,27)(H,31,32). The summed E-state index contributed by atoms with van der Waals surface area (Å²) in [7, 11) is 0. The maximum Gasteiger partial charge on any atom is 0.326 e. The molecule has 0 aromatic carbocycles. The quantitative estimate of drug-likeness (QED) is 0.112. The number of aliphatic hydroxyl groups is 2. The van der Waals surface area contributed by atoms with E-state index in [0.717, 1.165) is 6.92 Å². The van der Waals surface area contributed by atoms with Crippen LogP contribution in [0.4, 0.5) is 0 Å². The number of aliphatic carboxylic acids is 3. The second kappa shape index (κ2) is 13.9. The van der Waals surface area contributed by atoms with Crippen molar-refractivity contribution in [3.05, 3.63) is 0 Å². The molecule has 3 amide bonds. The van der Waals surface area contributed by atoms with E-state index in [-0.39, 0.29) is 6.42 Å². The van der Waals surface area contributed by atoms with Crippen LogP contribution in [0, 0.1) is 0 Å². The van der Waals surface area contributed by atoms with Gasteiger partial charge in [-0.3, -0.25) is 24.0 Å². The Bertz CT molecular complexity index is 713. The molecule has 0 bridgehead atoms. The number of nitrogens with one attached hydrogen (secondary N) is 3. The van der Waals surface area contributed by atoms with E-state index >= 15 is 0 Å². The average molecular weight is 464 g/mol. The van der Waals surface area contributed by atoms with Crippen LogP contribution in [0.1, 0.15) is 32.6 Å². The van der Waals surface area contributed by atoms with Crippen molar-refractivity contribution >= 4 is 35.6 Å². The minimum atomic E-state index is -1.69. The fourth-order valence-electron chi connectivity index (χ4n) is 2.33. The van der Waals surface area contributed by atoms with Crippen LogP contribution >= 0.6 is 0 Å². The molecule has 10 N–H and O–H groups in total. The Labute approximate surface area is 182 Å². The van der Waals surface area contributed by atoms with Crippen LogP contribution in [0.3, 0.4) is 0 Å². The number of carbonyl (C=O) groups excluding carboxylic acids is 3. The van der Waals surface area contributed by atoms with Crippen LogP contribution in [0.2, 0.25) is 0 Å². The van der Waals surface area contributed by atoms with Crippen LogP contribution in [-0.2, 0) is 28.8 Å². The first kappa shape index (κ1) is 28.7. The molecule has 15 nitrogen and oxygen atoms in total. The van der Waals surface area contributed by atoms with Gasteiger partial charge in [0.05, 0.1) is 18.8 Å². The molecular formula is C17H28N4O11. The molecule has 5 atom stereocenters. The van der Waals surface area contributed by atoms with Gasteiger partial charge in [0.2, 0.25) is 17.7 Å². The minimum absolute atomic E-state index is 0.246. The topological polar surface area (TPSA) is 266 Å². The summed E-state index contributed by atoms with van der Waals surface area (Å²) in [6.45, 7) is 0.148. The number of nitrogens with two attached hydrogens (primary N) is 1. The molecule has 15 heteroatoms. The molecule has 0 aromatic heterocycles. The molecule has 0 heterocycles. The van der Waals surface area contributed by atoms with E-state index in [1.165, 1.54) is 0 Å². The number of carboxylic acids is 3. The molecule has 0 radical (unpaired) electrons. The highest BCUT2D eigenvalue weighted by Crippen LogP contribution is 2.02. The van der Waals surface area contributed by atoms with Gasteiger partial charge in [-0.05, 0) is 19.8 Å². The highest BCUT2D eigenvalue weighted by molar-refractivity contribution is 5.94. The Balaban J connectivity index is 5.14. The van der Waals surface area contributed by atoms with E-state index in [4.69, 9.17) is 21.1 Å². The zero-order valence-electron chi connectivity index (χ0n) is 17.2. The maximum absolute atomic E-state index is 12.4. The van der Waals surface area contributed by atoms with E-state index in [0.29, 0.717) is 0 Å². The van der Waals surface area contributed by atoms with E-state index in [1.807, 2.05) is 10.6 Å². The number of rotatable bonds is 15. The van der Waals surface area contributed by atoms with Gasteiger partial charge in [0.15, 0.2) is 0 Å². The van der Waals surface area contributed by atoms with Gasteiger partial charge in [-0.1, -0.05) is 0 Å². The van der Waals surface area contributed by atoms with E-state index in [2.05, 4.69) is 5.32 Å². The fourth-order valence-corrected chi connectivity index (χ4v) is 2.33. The molecule has 5 unspecified atom stereocenters. The number of carboxylic acid groups (broad SMARTS) is 3. The molecule has 0 aliphatic rings. The number of amides is 3. The van der Waals surface area contributed by atoms with Gasteiger partial charge in [0.1, 0.15) is 18.1 Å². The van der Waals surface area contributed by atoms with Crippen molar-refractivity contribution in [1.82, 2.24) is 16.0 Å². The fraction of sp³-hybridized carbons (Fsp3) is 0.647. The van der Waals surface area contributed by atoms with Crippen LogP contribution in [0.25, 0.3) is 0 Å². The smallest absolute Gasteiger partial charge is 0.326 e. The summed E-state index contributed by atoms with van der Waals surface area (Å²) in [5.74, 6) is -7.24. The van der Waals surface area contributed by atoms with Crippen LogP contribution in [-0.4, -0.2) is 98.0 Å². The monoisotopic (exact) mass is 464 g/mol. The molecular weight excluding hydrogens is 436 g/mol. The van der Waals surface area contributed by atoms with Gasteiger partial charge in [-0.2, -0.15) is 0 Å². The Morgan fingerprint density at radius 2 is 1.28 bits per heavy atom. The third-order valence-electron chi connectivity index (χ3n) is 4.15. The Morgan fingerprint density at radius 1 is 0.781 bits per heavy atom. The Morgan fingerprint density at radius 3 is 1.72 bits per heavy atom. The van der Waals surface area contributed by atoms with Crippen LogP contribution in [0.15, 0.2) is 0 Å². The zero-order valence-corrected chi connectivity index (χ0v) is 17.2. The van der Waals surface area contributed by atoms with Gasteiger partial charge in [0.25, 0.3) is 0 Å². The van der Waals surface area contributed by atoms with Crippen molar-refractivity contribution < 1.29 is 54.3 Å². The van der Waals surface area contributed by atoms with Crippen molar-refractivity contribution in [1.29, 1.82) is 0 Å². The molecule has 0 saturated carbocycles. The van der Waals surface area contributed by atoms with Gasteiger partial charge in [-0.15, -0.1) is 0 Å². The van der Waals surface area contributed by atoms with E-state index in [9.17, 15) is 39.0 Å². The lowest BCUT2D eigenvalue weighted by Gasteiger charge is -2.25. The van der Waals surface area contributed by atoms with Gasteiger partial charge < -0.3 is 47.2 Å². The predicted molar refractivity (Wildman–Crippen MR) is 104 cm³/mol. The number of hydrogen-bond acceptors (Lipinski definition) is 9. The zero-order chi connectivity index (χ0) is 25.0. The Hall–Kier alpha value is -3.30. The minimum Gasteiger partial charge on any atom is -0.481 e. The lowest BCUT2D eigenvalue weighted by molar-refractivity contribution is -0.144. The average Bonchev–Trinajstić information content (AvgIpc) is 2.69. The number of aliphatic hydroxyl groups excluding tert-OH is 2. The summed E-state index contributed by atoms with van der Waals surface area (Å²) in [4.78, 5) is 69.0. The third-order valence-corrected chi connectivity index (χ3v) is 4.15. The highest BCUT2D eigenvalue weighted by atomic mass is 16.4. The molecule has 0 fully saturated rings. The molecule has 0 aromatic rings. The van der Waals surface area contributed by atoms with Crippen LogP contribution < -0.4 is 21.7 Å². The first-order chi connectivity index (χ1) is 14.8. The molecule has 0 aliphatic heterocycles. The van der Waals surface area contributed by atoms with E-state index < -0.39 is 91.8 Å². The first-order valence-electron chi connectivity index (χ1n) is 9.42. The molecule has 0 saturated heterocycles. The lowest BCUT2D eigenvalue weighted by Crippen LogP contribution is -2.60. The second-order valence-electron chi connectivity index (χ2n) is 6.84. The van der Waals surface area contributed by atoms with Crippen molar-refractivity contribution in [2.24, 2.45) is 5.73 Å². The molecule has 32 heavy (non-hydrogen) atoms. The van der Waals surface area contributed by atoms with Crippen LogP contribution in [0.5, 0.6) is 0 Å². The maximum atomic E-state index is 12.4.